The van der Waals surface area contributed by atoms with E-state index in [1.54, 1.807) is 17.5 Å². The van der Waals surface area contributed by atoms with E-state index in [9.17, 15) is 22.0 Å². The number of aryl methyl sites for hydroxylation is 1. The van der Waals surface area contributed by atoms with Crippen molar-refractivity contribution in [3.8, 4) is 0 Å². The molecule has 3 aromatic rings. The summed E-state index contributed by atoms with van der Waals surface area (Å²) in [6.45, 7) is 1.17. The standard InChI is InChI=1S/C20H16ClF2NO3S2/c1-12-10-13(7-8-15(12)22)29(26,27)18(17-6-3-9-28-17)11-24-20(25)19-14(21)4-2-5-16(19)23/h2-10,18H,11H2,1H3,(H,24,25)/t18-/m1/s1. The van der Waals surface area contributed by atoms with E-state index in [-0.39, 0.29) is 27.6 Å². The van der Waals surface area contributed by atoms with E-state index >= 15 is 0 Å². The van der Waals surface area contributed by atoms with Gasteiger partial charge >= 0.3 is 0 Å². The number of hydrogen-bond acceptors (Lipinski definition) is 4. The van der Waals surface area contributed by atoms with E-state index < -0.39 is 32.6 Å². The first-order chi connectivity index (χ1) is 13.7. The number of benzene rings is 2. The van der Waals surface area contributed by atoms with Crippen molar-refractivity contribution in [1.82, 2.24) is 5.32 Å². The van der Waals surface area contributed by atoms with E-state index in [1.165, 1.54) is 42.5 Å². The highest BCUT2D eigenvalue weighted by molar-refractivity contribution is 7.91. The van der Waals surface area contributed by atoms with Gasteiger partial charge in [0, 0.05) is 11.4 Å². The summed E-state index contributed by atoms with van der Waals surface area (Å²) < 4.78 is 54.0. The minimum absolute atomic E-state index is 0.0621. The van der Waals surface area contributed by atoms with Crippen molar-refractivity contribution >= 4 is 38.7 Å². The van der Waals surface area contributed by atoms with E-state index in [0.717, 1.165) is 12.1 Å². The van der Waals surface area contributed by atoms with Crippen molar-refractivity contribution < 1.29 is 22.0 Å². The molecule has 0 unspecified atom stereocenters. The number of rotatable bonds is 6. The Balaban J connectivity index is 1.93. The van der Waals surface area contributed by atoms with Crippen molar-refractivity contribution in [1.29, 1.82) is 0 Å². The summed E-state index contributed by atoms with van der Waals surface area (Å²) in [5.74, 6) is -2.14. The van der Waals surface area contributed by atoms with E-state index in [2.05, 4.69) is 5.32 Å². The molecule has 0 saturated heterocycles. The largest absolute Gasteiger partial charge is 0.350 e. The lowest BCUT2D eigenvalue weighted by Gasteiger charge is -2.18. The van der Waals surface area contributed by atoms with Crippen molar-refractivity contribution in [3.63, 3.8) is 0 Å². The predicted octanol–water partition coefficient (Wildman–Crippen LogP) is 4.93. The Morgan fingerprint density at radius 2 is 1.90 bits per heavy atom. The van der Waals surface area contributed by atoms with Crippen molar-refractivity contribution in [3.05, 3.63) is 86.6 Å². The average molecular weight is 456 g/mol. The lowest BCUT2D eigenvalue weighted by molar-refractivity contribution is 0.0950. The van der Waals surface area contributed by atoms with Crippen LogP contribution in [0.1, 0.15) is 26.0 Å². The highest BCUT2D eigenvalue weighted by Crippen LogP contribution is 2.32. The smallest absolute Gasteiger partial charge is 0.255 e. The summed E-state index contributed by atoms with van der Waals surface area (Å²) in [4.78, 5) is 12.9. The number of nitrogens with one attached hydrogen (secondary N) is 1. The first kappa shape index (κ1) is 21.4. The summed E-state index contributed by atoms with van der Waals surface area (Å²) >= 11 is 7.11. The number of carbonyl (C=O) groups excluding carboxylic acids is 1. The molecular weight excluding hydrogens is 440 g/mol. The summed E-state index contributed by atoms with van der Waals surface area (Å²) in [6.07, 6.45) is 0. The van der Waals surface area contributed by atoms with Gasteiger partial charge in [-0.25, -0.2) is 17.2 Å². The molecule has 1 amide bonds. The van der Waals surface area contributed by atoms with Gasteiger partial charge < -0.3 is 5.32 Å². The van der Waals surface area contributed by atoms with Gasteiger partial charge in [0.15, 0.2) is 9.84 Å². The predicted molar refractivity (Wildman–Crippen MR) is 109 cm³/mol. The Bertz CT molecular complexity index is 1130. The summed E-state index contributed by atoms with van der Waals surface area (Å²) in [5, 5.41) is 2.97. The number of thiophene rings is 1. The maximum absolute atomic E-state index is 14.0. The van der Waals surface area contributed by atoms with Crippen LogP contribution < -0.4 is 5.32 Å². The minimum Gasteiger partial charge on any atom is -0.350 e. The second-order valence-corrected chi connectivity index (χ2v) is 9.78. The molecule has 4 nitrogen and oxygen atoms in total. The van der Waals surface area contributed by atoms with Gasteiger partial charge in [-0.2, -0.15) is 0 Å². The summed E-state index contributed by atoms with van der Waals surface area (Å²) in [7, 11) is -3.96. The number of hydrogen-bond donors (Lipinski definition) is 1. The zero-order valence-electron chi connectivity index (χ0n) is 15.2. The molecule has 3 rings (SSSR count). The van der Waals surface area contributed by atoms with Gasteiger partial charge in [0.25, 0.3) is 5.91 Å². The van der Waals surface area contributed by atoms with Gasteiger partial charge in [-0.15, -0.1) is 11.3 Å². The number of halogens is 3. The maximum Gasteiger partial charge on any atom is 0.255 e. The SMILES string of the molecule is Cc1cc(S(=O)(=O)[C@H](CNC(=O)c2c(F)cccc2Cl)c2cccs2)ccc1F. The lowest BCUT2D eigenvalue weighted by Crippen LogP contribution is -2.32. The molecule has 9 heteroatoms. The highest BCUT2D eigenvalue weighted by Gasteiger charge is 2.31. The van der Waals surface area contributed by atoms with E-state index in [4.69, 9.17) is 11.6 Å². The number of amides is 1. The van der Waals surface area contributed by atoms with Crippen LogP contribution in [0.2, 0.25) is 5.02 Å². The summed E-state index contributed by atoms with van der Waals surface area (Å²) in [6, 6.07) is 10.7. The van der Waals surface area contributed by atoms with Gasteiger partial charge in [-0.1, -0.05) is 23.7 Å². The Kier molecular flexibility index (Phi) is 6.36. The zero-order valence-corrected chi connectivity index (χ0v) is 17.5. The molecule has 1 N–H and O–H groups in total. The van der Waals surface area contributed by atoms with Crippen molar-refractivity contribution in [2.24, 2.45) is 0 Å². The fourth-order valence-electron chi connectivity index (χ4n) is 2.78. The molecule has 2 aromatic carbocycles. The molecule has 0 aliphatic heterocycles. The van der Waals surface area contributed by atoms with Crippen LogP contribution in [0.5, 0.6) is 0 Å². The van der Waals surface area contributed by atoms with Crippen LogP contribution >= 0.6 is 22.9 Å². The summed E-state index contributed by atoms with van der Waals surface area (Å²) in [5.41, 5.74) is -0.160. The molecule has 1 aromatic heterocycles. The van der Waals surface area contributed by atoms with Crippen LogP contribution in [0, 0.1) is 18.6 Å². The number of carbonyl (C=O) groups is 1. The fourth-order valence-corrected chi connectivity index (χ4v) is 5.90. The monoisotopic (exact) mass is 455 g/mol. The van der Waals surface area contributed by atoms with Crippen LogP contribution in [-0.2, 0) is 9.84 Å². The zero-order chi connectivity index (χ0) is 21.2. The topological polar surface area (TPSA) is 63.2 Å². The van der Waals surface area contributed by atoms with Gasteiger partial charge in [0.1, 0.15) is 16.9 Å². The average Bonchev–Trinajstić information content (AvgIpc) is 3.18. The van der Waals surface area contributed by atoms with E-state index in [0.29, 0.717) is 4.88 Å². The van der Waals surface area contributed by atoms with Crippen LogP contribution in [0.4, 0.5) is 8.78 Å². The Hall–Kier alpha value is -2.29. The quantitative estimate of drug-likeness (QED) is 0.536. The van der Waals surface area contributed by atoms with Crippen molar-refractivity contribution in [2.45, 2.75) is 17.1 Å². The minimum atomic E-state index is -3.96. The molecule has 1 heterocycles. The number of sulfone groups is 1. The molecule has 1 atom stereocenters. The highest BCUT2D eigenvalue weighted by atomic mass is 35.5. The molecule has 0 fully saturated rings. The van der Waals surface area contributed by atoms with Crippen LogP contribution in [-0.4, -0.2) is 20.9 Å². The fraction of sp³-hybridized carbons (Fsp3) is 0.150. The Labute approximate surface area is 176 Å². The van der Waals surface area contributed by atoms with Gasteiger partial charge in [0.2, 0.25) is 0 Å². The molecular formula is C20H16ClF2NO3S2. The second kappa shape index (κ2) is 8.61. The normalized spacial score (nSPS) is 12.6. The third-order valence-electron chi connectivity index (χ3n) is 4.33. The van der Waals surface area contributed by atoms with Gasteiger partial charge in [0.05, 0.1) is 15.5 Å². The first-order valence-corrected chi connectivity index (χ1v) is 11.3. The molecule has 0 saturated carbocycles. The van der Waals surface area contributed by atoms with Gasteiger partial charge in [-0.3, -0.25) is 4.79 Å². The molecule has 152 valence electrons. The van der Waals surface area contributed by atoms with Crippen LogP contribution in [0.15, 0.2) is 58.8 Å². The van der Waals surface area contributed by atoms with Crippen LogP contribution in [0.3, 0.4) is 0 Å². The second-order valence-electron chi connectivity index (χ2n) is 6.27. The van der Waals surface area contributed by atoms with E-state index in [1.807, 2.05) is 0 Å². The molecule has 0 aliphatic rings. The van der Waals surface area contributed by atoms with Crippen molar-refractivity contribution in [2.75, 3.05) is 6.54 Å². The molecule has 0 radical (unpaired) electrons. The Morgan fingerprint density at radius 1 is 1.14 bits per heavy atom. The van der Waals surface area contributed by atoms with Gasteiger partial charge in [-0.05, 0) is 54.3 Å². The molecule has 29 heavy (non-hydrogen) atoms. The molecule has 0 aliphatic carbocycles. The molecule has 0 spiro atoms. The molecule has 0 bridgehead atoms. The third kappa shape index (κ3) is 4.49. The maximum atomic E-state index is 14.0. The van der Waals surface area contributed by atoms with Crippen LogP contribution in [0.25, 0.3) is 0 Å². The first-order valence-electron chi connectivity index (χ1n) is 8.47. The lowest BCUT2D eigenvalue weighted by atomic mass is 10.2. The third-order valence-corrected chi connectivity index (χ3v) is 7.86. The Morgan fingerprint density at radius 3 is 2.52 bits per heavy atom.